The number of benzene rings is 2. The van der Waals surface area contributed by atoms with Crippen LogP contribution in [0.5, 0.6) is 0 Å². The van der Waals surface area contributed by atoms with E-state index in [2.05, 4.69) is 27.9 Å². The lowest BCUT2D eigenvalue weighted by Gasteiger charge is -2.40. The maximum Gasteiger partial charge on any atom is 0.164 e. The molecule has 27 heavy (non-hydrogen) atoms. The molecule has 3 unspecified atom stereocenters. The zero-order valence-electron chi connectivity index (χ0n) is 15.7. The number of Topliss-reactive ketones (excluding diaryl/α,β-unsaturated/α-hetero) is 1. The van der Waals surface area contributed by atoms with E-state index >= 15 is 0 Å². The summed E-state index contributed by atoms with van der Waals surface area (Å²) in [5.74, 6) is 0.0991. The predicted octanol–water partition coefficient (Wildman–Crippen LogP) is 5.25. The maximum absolute atomic E-state index is 12.6. The van der Waals surface area contributed by atoms with Gasteiger partial charge in [-0.25, -0.2) is 0 Å². The van der Waals surface area contributed by atoms with Crippen LogP contribution in [0.1, 0.15) is 53.9 Å². The Morgan fingerprint density at radius 1 is 1.11 bits per heavy atom. The van der Waals surface area contributed by atoms with Crippen molar-refractivity contribution in [1.82, 2.24) is 4.90 Å². The second-order valence-electron chi connectivity index (χ2n) is 7.43. The second-order valence-corrected chi connectivity index (χ2v) is 8.34. The summed E-state index contributed by atoms with van der Waals surface area (Å²) in [6.45, 7) is 0. The fourth-order valence-electron chi connectivity index (χ4n) is 4.05. The van der Waals surface area contributed by atoms with Crippen LogP contribution in [0.4, 0.5) is 0 Å². The Hall–Kier alpha value is -1.78. The Morgan fingerprint density at radius 3 is 2.44 bits per heavy atom. The van der Waals surface area contributed by atoms with Crippen LogP contribution in [0.25, 0.3) is 0 Å². The van der Waals surface area contributed by atoms with Gasteiger partial charge in [-0.3, -0.25) is 9.69 Å². The van der Waals surface area contributed by atoms with Crippen LogP contribution in [0.3, 0.4) is 0 Å². The first-order valence-corrected chi connectivity index (χ1v) is 10.4. The van der Waals surface area contributed by atoms with Gasteiger partial charge in [0.25, 0.3) is 0 Å². The Labute approximate surface area is 169 Å². The number of carbonyl (C=O) groups excluding carboxylic acids is 2. The molecule has 0 aliphatic carbocycles. The summed E-state index contributed by atoms with van der Waals surface area (Å²) in [6.07, 6.45) is 5.63. The summed E-state index contributed by atoms with van der Waals surface area (Å²) in [6, 6.07) is 18.1. The SMILES string of the molecule is CN1C(CC(=O)c2ccccc2)CCCC1CC(C=O)c1ccc(Br)cc1. The molecule has 0 bridgehead atoms. The van der Waals surface area contributed by atoms with Crippen LogP contribution >= 0.6 is 15.9 Å². The highest BCUT2D eigenvalue weighted by Crippen LogP contribution is 2.31. The van der Waals surface area contributed by atoms with Gasteiger partial charge >= 0.3 is 0 Å². The molecular formula is C23H26BrNO2. The van der Waals surface area contributed by atoms with E-state index in [1.165, 1.54) is 0 Å². The summed E-state index contributed by atoms with van der Waals surface area (Å²) < 4.78 is 1.02. The monoisotopic (exact) mass is 427 g/mol. The molecule has 1 aliphatic heterocycles. The summed E-state index contributed by atoms with van der Waals surface area (Å²) in [7, 11) is 2.11. The summed E-state index contributed by atoms with van der Waals surface area (Å²) >= 11 is 3.45. The van der Waals surface area contributed by atoms with Gasteiger partial charge in [-0.1, -0.05) is 64.8 Å². The molecule has 0 spiro atoms. The molecule has 3 nitrogen and oxygen atoms in total. The molecule has 142 valence electrons. The van der Waals surface area contributed by atoms with E-state index in [0.29, 0.717) is 12.5 Å². The second kappa shape index (κ2) is 9.43. The van der Waals surface area contributed by atoms with E-state index in [1.54, 1.807) is 0 Å². The number of likely N-dealkylation sites (tertiary alicyclic amines) is 1. The molecular weight excluding hydrogens is 402 g/mol. The summed E-state index contributed by atoms with van der Waals surface area (Å²) in [4.78, 5) is 26.7. The normalized spacial score (nSPS) is 21.6. The third kappa shape index (κ3) is 5.14. The Morgan fingerprint density at radius 2 is 1.78 bits per heavy atom. The smallest absolute Gasteiger partial charge is 0.164 e. The Bertz CT molecular complexity index is 760. The molecule has 3 atom stereocenters. The van der Waals surface area contributed by atoms with Crippen LogP contribution in [-0.2, 0) is 4.79 Å². The number of piperidine rings is 1. The van der Waals surface area contributed by atoms with E-state index in [9.17, 15) is 9.59 Å². The number of halogens is 1. The zero-order chi connectivity index (χ0) is 19.2. The van der Waals surface area contributed by atoms with Crippen molar-refractivity contribution in [2.24, 2.45) is 0 Å². The lowest BCUT2D eigenvalue weighted by molar-refractivity contribution is -0.109. The molecule has 1 aliphatic rings. The van der Waals surface area contributed by atoms with Gasteiger partial charge in [-0.15, -0.1) is 0 Å². The van der Waals surface area contributed by atoms with E-state index in [1.807, 2.05) is 54.6 Å². The third-order valence-electron chi connectivity index (χ3n) is 5.73. The molecule has 0 radical (unpaired) electrons. The van der Waals surface area contributed by atoms with Crippen molar-refractivity contribution < 1.29 is 9.59 Å². The first kappa shape index (κ1) is 20.0. The number of hydrogen-bond acceptors (Lipinski definition) is 3. The fraction of sp³-hybridized carbons (Fsp3) is 0.391. The number of carbonyl (C=O) groups is 2. The molecule has 0 aromatic heterocycles. The van der Waals surface area contributed by atoms with Crippen molar-refractivity contribution >= 4 is 28.0 Å². The average Bonchev–Trinajstić information content (AvgIpc) is 2.70. The van der Waals surface area contributed by atoms with Gasteiger partial charge in [0.05, 0.1) is 0 Å². The van der Waals surface area contributed by atoms with Gasteiger partial charge in [-0.2, -0.15) is 0 Å². The molecule has 1 heterocycles. The van der Waals surface area contributed by atoms with Gasteiger partial charge < -0.3 is 4.79 Å². The highest BCUT2D eigenvalue weighted by molar-refractivity contribution is 9.10. The molecule has 0 amide bonds. The summed E-state index contributed by atoms with van der Waals surface area (Å²) in [5.41, 5.74) is 1.85. The van der Waals surface area contributed by atoms with Crippen molar-refractivity contribution in [3.05, 3.63) is 70.2 Å². The van der Waals surface area contributed by atoms with Gasteiger partial charge in [0.15, 0.2) is 5.78 Å². The van der Waals surface area contributed by atoms with Crippen LogP contribution in [0.2, 0.25) is 0 Å². The third-order valence-corrected chi connectivity index (χ3v) is 6.26. The minimum atomic E-state index is -0.103. The van der Waals surface area contributed by atoms with E-state index < -0.39 is 0 Å². The molecule has 2 aromatic rings. The van der Waals surface area contributed by atoms with Crippen molar-refractivity contribution in [3.63, 3.8) is 0 Å². The zero-order valence-corrected chi connectivity index (χ0v) is 17.3. The quantitative estimate of drug-likeness (QED) is 0.447. The van der Waals surface area contributed by atoms with Gasteiger partial charge in [0.1, 0.15) is 6.29 Å². The maximum atomic E-state index is 12.6. The van der Waals surface area contributed by atoms with E-state index in [-0.39, 0.29) is 17.7 Å². The van der Waals surface area contributed by atoms with Crippen LogP contribution < -0.4 is 0 Å². The van der Waals surface area contributed by atoms with Gasteiger partial charge in [0.2, 0.25) is 0 Å². The number of rotatable bonds is 7. The van der Waals surface area contributed by atoms with E-state index in [4.69, 9.17) is 0 Å². The van der Waals surface area contributed by atoms with Crippen molar-refractivity contribution in [3.8, 4) is 0 Å². The molecule has 1 fully saturated rings. The van der Waals surface area contributed by atoms with Crippen LogP contribution in [0.15, 0.2) is 59.1 Å². The van der Waals surface area contributed by atoms with Gasteiger partial charge in [-0.05, 0) is 44.0 Å². The number of ketones is 1. The Balaban J connectivity index is 1.65. The first-order chi connectivity index (χ1) is 13.1. The highest BCUT2D eigenvalue weighted by atomic mass is 79.9. The van der Waals surface area contributed by atoms with Crippen molar-refractivity contribution in [2.45, 2.75) is 50.1 Å². The standard InChI is InChI=1S/C23H26BrNO2/c1-25-21(14-19(16-26)17-10-12-20(24)13-11-17)8-5-9-22(25)15-23(27)18-6-3-2-4-7-18/h2-4,6-7,10-13,16,19,21-22H,5,8-9,14-15H2,1H3. The molecule has 4 heteroatoms. The lowest BCUT2D eigenvalue weighted by atomic mass is 9.85. The van der Waals surface area contributed by atoms with Crippen LogP contribution in [-0.4, -0.2) is 36.1 Å². The Kier molecular flexibility index (Phi) is 6.97. The van der Waals surface area contributed by atoms with Gasteiger partial charge in [0, 0.05) is 34.5 Å². The molecule has 1 saturated heterocycles. The van der Waals surface area contributed by atoms with Crippen molar-refractivity contribution in [1.29, 1.82) is 0 Å². The minimum Gasteiger partial charge on any atom is -0.303 e. The molecule has 3 rings (SSSR count). The highest BCUT2D eigenvalue weighted by Gasteiger charge is 2.31. The lowest BCUT2D eigenvalue weighted by Crippen LogP contribution is -2.45. The fourth-order valence-corrected chi connectivity index (χ4v) is 4.32. The number of aldehydes is 1. The van der Waals surface area contributed by atoms with Crippen LogP contribution in [0, 0.1) is 0 Å². The molecule has 0 saturated carbocycles. The van der Waals surface area contributed by atoms with Crippen molar-refractivity contribution in [2.75, 3.05) is 7.05 Å². The number of nitrogens with zero attached hydrogens (tertiary/aromatic N) is 1. The largest absolute Gasteiger partial charge is 0.303 e. The first-order valence-electron chi connectivity index (χ1n) is 9.59. The average molecular weight is 428 g/mol. The molecule has 0 N–H and O–H groups in total. The predicted molar refractivity (Wildman–Crippen MR) is 112 cm³/mol. The molecule has 2 aromatic carbocycles. The summed E-state index contributed by atoms with van der Waals surface area (Å²) in [5, 5.41) is 0. The van der Waals surface area contributed by atoms with E-state index in [0.717, 1.165) is 47.6 Å². The minimum absolute atomic E-state index is 0.103. The topological polar surface area (TPSA) is 37.4 Å². The number of hydrogen-bond donors (Lipinski definition) is 0.